The number of rotatable bonds is 2. The Hall–Kier alpha value is -0.710. The van der Waals surface area contributed by atoms with Gasteiger partial charge in [0.1, 0.15) is 0 Å². The van der Waals surface area contributed by atoms with Crippen molar-refractivity contribution in [2.75, 3.05) is 0 Å². The molecule has 0 radical (unpaired) electrons. The summed E-state index contributed by atoms with van der Waals surface area (Å²) in [7, 11) is 0. The molecule has 0 heterocycles. The predicted molar refractivity (Wildman–Crippen MR) is 33.0 cm³/mol. The van der Waals surface area contributed by atoms with Crippen LogP contribution in [0.25, 0.3) is 0 Å². The lowest BCUT2D eigenvalue weighted by Crippen LogP contribution is -2.26. The van der Waals surface area contributed by atoms with Gasteiger partial charge in [-0.15, -0.1) is 0 Å². The zero-order chi connectivity index (χ0) is 6.57. The van der Waals surface area contributed by atoms with Gasteiger partial charge in [0.05, 0.1) is 0 Å². The van der Waals surface area contributed by atoms with Gasteiger partial charge in [-0.3, -0.25) is 0 Å². The third kappa shape index (κ3) is 2.46. The largest absolute Gasteiger partial charge is 0.321 e. The smallest absolute Gasteiger partial charge is 0.176 e. The van der Waals surface area contributed by atoms with Crippen LogP contribution in [0.1, 0.15) is 20.8 Å². The lowest BCUT2D eigenvalue weighted by Gasteiger charge is -2.11. The highest BCUT2D eigenvalue weighted by atomic mass is 14.9. The van der Waals surface area contributed by atoms with Crippen LogP contribution in [0.4, 0.5) is 0 Å². The van der Waals surface area contributed by atoms with Crippen molar-refractivity contribution in [3.63, 3.8) is 0 Å². The highest BCUT2D eigenvalue weighted by molar-refractivity contribution is 4.73. The summed E-state index contributed by atoms with van der Waals surface area (Å²) in [6, 6.07) is 0.306. The first-order valence-corrected chi connectivity index (χ1v) is 2.83. The van der Waals surface area contributed by atoms with Crippen molar-refractivity contribution in [2.24, 2.45) is 5.92 Å². The predicted octanol–water partition coefficient (Wildman–Crippen LogP) is 1.10. The zero-order valence-electron chi connectivity index (χ0n) is 5.60. The maximum Gasteiger partial charge on any atom is 0.176 e. The van der Waals surface area contributed by atoms with Gasteiger partial charge in [0, 0.05) is 6.04 Å². The molecule has 2 nitrogen and oxygen atoms in total. The second-order valence-corrected chi connectivity index (χ2v) is 2.29. The Morgan fingerprint density at radius 1 is 1.38 bits per heavy atom. The van der Waals surface area contributed by atoms with E-state index in [2.05, 4.69) is 19.2 Å². The molecule has 0 aliphatic heterocycles. The summed E-state index contributed by atoms with van der Waals surface area (Å²) in [5.74, 6) is 0.537. The summed E-state index contributed by atoms with van der Waals surface area (Å²) in [5, 5.41) is 10.8. The van der Waals surface area contributed by atoms with Crippen LogP contribution in [0.3, 0.4) is 0 Å². The van der Waals surface area contributed by atoms with Crippen LogP contribution in [0.5, 0.6) is 0 Å². The van der Waals surface area contributed by atoms with E-state index in [1.807, 2.05) is 13.1 Å². The Morgan fingerprint density at radius 2 is 1.88 bits per heavy atom. The highest BCUT2D eigenvalue weighted by Gasteiger charge is 2.02. The average Bonchev–Trinajstić information content (AvgIpc) is 1.67. The Labute approximate surface area is 50.5 Å². The fraction of sp³-hybridized carbons (Fsp3) is 0.833. The third-order valence-corrected chi connectivity index (χ3v) is 1.29. The van der Waals surface area contributed by atoms with Gasteiger partial charge in [-0.05, 0) is 12.8 Å². The molecule has 0 saturated heterocycles. The minimum atomic E-state index is 0.306. The number of nitrogens with one attached hydrogen (secondary N) is 1. The van der Waals surface area contributed by atoms with E-state index in [4.69, 9.17) is 5.26 Å². The summed E-state index contributed by atoms with van der Waals surface area (Å²) in [6.07, 6.45) is 1.90. The van der Waals surface area contributed by atoms with Gasteiger partial charge < -0.3 is 5.32 Å². The summed E-state index contributed by atoms with van der Waals surface area (Å²) in [4.78, 5) is 0. The van der Waals surface area contributed by atoms with Crippen molar-refractivity contribution in [2.45, 2.75) is 26.8 Å². The maximum atomic E-state index is 8.12. The van der Waals surface area contributed by atoms with Crippen LogP contribution in [0, 0.1) is 17.4 Å². The molecular formula is C6H12N2. The minimum absolute atomic E-state index is 0.306. The fourth-order valence-corrected chi connectivity index (χ4v) is 0.268. The van der Waals surface area contributed by atoms with Crippen LogP contribution >= 0.6 is 0 Å². The van der Waals surface area contributed by atoms with E-state index in [1.165, 1.54) is 0 Å². The number of nitriles is 1. The van der Waals surface area contributed by atoms with Gasteiger partial charge in [-0.2, -0.15) is 5.26 Å². The first-order valence-electron chi connectivity index (χ1n) is 2.83. The standard InChI is InChI=1S/C6H12N2/c1-5(2)6(3)8-4-7/h5-6,8H,1-3H3/t6-/m1/s1. The molecule has 8 heavy (non-hydrogen) atoms. The van der Waals surface area contributed by atoms with Crippen LogP contribution in [-0.4, -0.2) is 6.04 Å². The Kier molecular flexibility index (Phi) is 3.02. The molecule has 1 N–H and O–H groups in total. The molecule has 0 amide bonds. The summed E-state index contributed by atoms with van der Waals surface area (Å²) in [5.41, 5.74) is 0. The molecular weight excluding hydrogens is 100 g/mol. The molecule has 0 aliphatic carbocycles. The van der Waals surface area contributed by atoms with E-state index >= 15 is 0 Å². The Bertz CT molecular complexity index is 91.2. The average molecular weight is 112 g/mol. The second kappa shape index (κ2) is 3.31. The van der Waals surface area contributed by atoms with E-state index in [1.54, 1.807) is 0 Å². The van der Waals surface area contributed by atoms with Gasteiger partial charge in [-0.25, -0.2) is 0 Å². The monoisotopic (exact) mass is 112 g/mol. The Balaban J connectivity index is 3.35. The molecule has 0 unspecified atom stereocenters. The summed E-state index contributed by atoms with van der Waals surface area (Å²) in [6.45, 7) is 6.15. The molecule has 0 aromatic heterocycles. The van der Waals surface area contributed by atoms with Gasteiger partial charge in [-0.1, -0.05) is 13.8 Å². The quantitative estimate of drug-likeness (QED) is 0.429. The SMILES string of the molecule is CC(C)[C@@H](C)NC#N. The van der Waals surface area contributed by atoms with Crippen LogP contribution in [0.2, 0.25) is 0 Å². The van der Waals surface area contributed by atoms with E-state index in [0.717, 1.165) is 0 Å². The van der Waals surface area contributed by atoms with Crippen molar-refractivity contribution >= 4 is 0 Å². The fourth-order valence-electron chi connectivity index (χ4n) is 0.268. The third-order valence-electron chi connectivity index (χ3n) is 1.29. The van der Waals surface area contributed by atoms with Crippen molar-refractivity contribution in [1.82, 2.24) is 5.32 Å². The summed E-state index contributed by atoms with van der Waals surface area (Å²) >= 11 is 0. The van der Waals surface area contributed by atoms with Crippen molar-refractivity contribution in [3.05, 3.63) is 0 Å². The number of hydrogen-bond donors (Lipinski definition) is 1. The van der Waals surface area contributed by atoms with E-state index in [0.29, 0.717) is 12.0 Å². The lowest BCUT2D eigenvalue weighted by atomic mass is 10.1. The van der Waals surface area contributed by atoms with Crippen LogP contribution in [0.15, 0.2) is 0 Å². The molecule has 0 rings (SSSR count). The van der Waals surface area contributed by atoms with Crippen LogP contribution < -0.4 is 5.32 Å². The van der Waals surface area contributed by atoms with Gasteiger partial charge in [0.15, 0.2) is 6.19 Å². The van der Waals surface area contributed by atoms with Gasteiger partial charge in [0.25, 0.3) is 0 Å². The molecule has 0 spiro atoms. The molecule has 0 fully saturated rings. The van der Waals surface area contributed by atoms with Crippen molar-refractivity contribution in [1.29, 1.82) is 5.26 Å². The first-order chi connectivity index (χ1) is 3.68. The molecule has 0 bridgehead atoms. The molecule has 0 aromatic rings. The minimum Gasteiger partial charge on any atom is -0.321 e. The zero-order valence-corrected chi connectivity index (χ0v) is 5.60. The normalized spacial score (nSPS) is 12.9. The molecule has 0 aliphatic rings. The molecule has 0 saturated carbocycles. The molecule has 1 atom stereocenters. The Morgan fingerprint density at radius 3 is 2.00 bits per heavy atom. The number of nitrogens with zero attached hydrogens (tertiary/aromatic N) is 1. The van der Waals surface area contributed by atoms with E-state index < -0.39 is 0 Å². The van der Waals surface area contributed by atoms with Gasteiger partial charge >= 0.3 is 0 Å². The van der Waals surface area contributed by atoms with E-state index in [9.17, 15) is 0 Å². The molecule has 46 valence electrons. The van der Waals surface area contributed by atoms with Gasteiger partial charge in [0.2, 0.25) is 0 Å². The highest BCUT2D eigenvalue weighted by Crippen LogP contribution is 1.97. The molecule has 2 heteroatoms. The topological polar surface area (TPSA) is 35.8 Å². The number of hydrogen-bond acceptors (Lipinski definition) is 2. The first kappa shape index (κ1) is 7.29. The maximum absolute atomic E-state index is 8.12. The second-order valence-electron chi connectivity index (χ2n) is 2.29. The summed E-state index contributed by atoms with van der Waals surface area (Å²) < 4.78 is 0. The van der Waals surface area contributed by atoms with Crippen molar-refractivity contribution < 1.29 is 0 Å². The van der Waals surface area contributed by atoms with Crippen molar-refractivity contribution in [3.8, 4) is 6.19 Å². The van der Waals surface area contributed by atoms with E-state index in [-0.39, 0.29) is 0 Å². The molecule has 0 aromatic carbocycles. The lowest BCUT2D eigenvalue weighted by molar-refractivity contribution is 0.479. The van der Waals surface area contributed by atoms with Crippen LogP contribution in [-0.2, 0) is 0 Å².